The summed E-state index contributed by atoms with van der Waals surface area (Å²) in [6.07, 6.45) is 0. The molecule has 1 atom stereocenters. The van der Waals surface area contributed by atoms with Gasteiger partial charge in [-0.25, -0.2) is 0 Å². The first-order valence-electron chi connectivity index (χ1n) is 10.6. The molecule has 0 aliphatic carbocycles. The van der Waals surface area contributed by atoms with Crippen LogP contribution >= 0.6 is 11.6 Å². The highest BCUT2D eigenvalue weighted by Gasteiger charge is 2.46. The number of methoxy groups -OCH3 is 1. The van der Waals surface area contributed by atoms with Gasteiger partial charge >= 0.3 is 0 Å². The van der Waals surface area contributed by atoms with E-state index in [4.69, 9.17) is 21.1 Å². The molecule has 9 heteroatoms. The lowest BCUT2D eigenvalue weighted by atomic mass is 9.95. The molecule has 2 aromatic rings. The Morgan fingerprint density at radius 3 is 2.48 bits per heavy atom. The van der Waals surface area contributed by atoms with Crippen LogP contribution in [0, 0.1) is 0 Å². The Labute approximate surface area is 196 Å². The van der Waals surface area contributed by atoms with Crippen LogP contribution in [-0.2, 0) is 14.3 Å². The fraction of sp³-hybridized carbons (Fsp3) is 0.333. The van der Waals surface area contributed by atoms with Crippen molar-refractivity contribution in [3.05, 3.63) is 64.2 Å². The number of benzene rings is 2. The molecule has 0 bridgehead atoms. The van der Waals surface area contributed by atoms with Gasteiger partial charge in [0.25, 0.3) is 11.7 Å². The highest BCUT2D eigenvalue weighted by molar-refractivity contribution is 6.46. The summed E-state index contributed by atoms with van der Waals surface area (Å²) in [4.78, 5) is 29.8. The Hall–Kier alpha value is -3.07. The van der Waals surface area contributed by atoms with Crippen molar-refractivity contribution in [3.8, 4) is 11.5 Å². The Bertz CT molecular complexity index is 1080. The van der Waals surface area contributed by atoms with E-state index in [1.165, 1.54) is 18.1 Å². The van der Waals surface area contributed by atoms with Crippen LogP contribution < -0.4 is 4.74 Å². The quantitative estimate of drug-likeness (QED) is 0.379. The molecule has 2 aliphatic heterocycles. The molecular weight excluding hydrogens is 448 g/mol. The Morgan fingerprint density at radius 2 is 1.82 bits per heavy atom. The fourth-order valence-electron chi connectivity index (χ4n) is 4.16. The average molecular weight is 473 g/mol. The Kier molecular flexibility index (Phi) is 6.88. The lowest BCUT2D eigenvalue weighted by Gasteiger charge is -2.31. The monoisotopic (exact) mass is 472 g/mol. The predicted molar refractivity (Wildman–Crippen MR) is 122 cm³/mol. The van der Waals surface area contributed by atoms with Gasteiger partial charge in [0.05, 0.1) is 31.9 Å². The summed E-state index contributed by atoms with van der Waals surface area (Å²) in [5.41, 5.74) is 0.903. The number of phenolic OH excluding ortho intramolecular Hbond substituents is 1. The van der Waals surface area contributed by atoms with E-state index in [2.05, 4.69) is 4.90 Å². The van der Waals surface area contributed by atoms with Crippen molar-refractivity contribution >= 4 is 29.1 Å². The number of hydrogen-bond donors (Lipinski definition) is 2. The number of aliphatic hydroxyl groups excluding tert-OH is 1. The third-order valence-corrected chi connectivity index (χ3v) is 6.19. The number of ether oxygens (including phenoxy) is 2. The molecule has 1 amide bonds. The molecule has 8 nitrogen and oxygen atoms in total. The number of nitrogens with zero attached hydrogens (tertiary/aromatic N) is 2. The van der Waals surface area contributed by atoms with Crippen LogP contribution in [0.2, 0.25) is 5.02 Å². The van der Waals surface area contributed by atoms with E-state index in [0.717, 1.165) is 13.1 Å². The summed E-state index contributed by atoms with van der Waals surface area (Å²) in [6.45, 7) is 3.57. The predicted octanol–water partition coefficient (Wildman–Crippen LogP) is 2.81. The van der Waals surface area contributed by atoms with Gasteiger partial charge in [-0.15, -0.1) is 0 Å². The molecule has 2 aliphatic rings. The number of halogens is 1. The molecule has 0 radical (unpaired) electrons. The molecule has 0 aromatic heterocycles. The number of phenols is 1. The highest BCUT2D eigenvalue weighted by Crippen LogP contribution is 2.41. The van der Waals surface area contributed by atoms with E-state index < -0.39 is 17.7 Å². The standard InChI is InChI=1S/C24H25ClN2O6/c1-32-19-14-16(4-7-18(19)28)21-20(22(29)15-2-5-17(25)6-3-15)23(30)24(31)27(21)9-8-26-10-12-33-13-11-26/h2-7,14,21,28-29H,8-13H2,1H3/b22-20+. The molecule has 1 unspecified atom stereocenters. The molecule has 0 spiro atoms. The first-order chi connectivity index (χ1) is 15.9. The van der Waals surface area contributed by atoms with Gasteiger partial charge in [0, 0.05) is 36.8 Å². The number of carbonyl (C=O) groups excluding carboxylic acids is 2. The first-order valence-corrected chi connectivity index (χ1v) is 11.0. The fourth-order valence-corrected chi connectivity index (χ4v) is 4.28. The molecule has 33 heavy (non-hydrogen) atoms. The second-order valence-electron chi connectivity index (χ2n) is 7.88. The number of amides is 1. The van der Waals surface area contributed by atoms with Crippen molar-refractivity contribution in [2.75, 3.05) is 46.5 Å². The lowest BCUT2D eigenvalue weighted by molar-refractivity contribution is -0.140. The van der Waals surface area contributed by atoms with Crippen molar-refractivity contribution in [3.63, 3.8) is 0 Å². The van der Waals surface area contributed by atoms with Crippen LogP contribution in [0.5, 0.6) is 11.5 Å². The summed E-state index contributed by atoms with van der Waals surface area (Å²) in [5.74, 6) is -1.59. The number of aliphatic hydroxyl groups is 1. The van der Waals surface area contributed by atoms with Crippen LogP contribution in [0.25, 0.3) is 5.76 Å². The molecule has 0 saturated carbocycles. The number of rotatable bonds is 6. The number of aromatic hydroxyl groups is 1. The zero-order valence-corrected chi connectivity index (χ0v) is 18.9. The zero-order valence-electron chi connectivity index (χ0n) is 18.2. The molecule has 2 saturated heterocycles. The van der Waals surface area contributed by atoms with E-state index >= 15 is 0 Å². The van der Waals surface area contributed by atoms with E-state index in [1.54, 1.807) is 36.4 Å². The van der Waals surface area contributed by atoms with Crippen LogP contribution in [0.15, 0.2) is 48.0 Å². The molecule has 2 aromatic carbocycles. The minimum Gasteiger partial charge on any atom is -0.507 e. The van der Waals surface area contributed by atoms with Crippen LogP contribution in [-0.4, -0.2) is 78.2 Å². The van der Waals surface area contributed by atoms with Crippen molar-refractivity contribution in [1.29, 1.82) is 0 Å². The van der Waals surface area contributed by atoms with Crippen LogP contribution in [0.3, 0.4) is 0 Å². The van der Waals surface area contributed by atoms with Gasteiger partial charge in [0.15, 0.2) is 11.5 Å². The second kappa shape index (κ2) is 9.82. The van der Waals surface area contributed by atoms with Crippen LogP contribution in [0.4, 0.5) is 0 Å². The van der Waals surface area contributed by atoms with Gasteiger partial charge in [0.1, 0.15) is 5.76 Å². The molecule has 2 N–H and O–H groups in total. The first kappa shape index (κ1) is 23.1. The van der Waals surface area contributed by atoms with E-state index in [0.29, 0.717) is 35.9 Å². The maximum absolute atomic E-state index is 13.1. The Balaban J connectivity index is 1.76. The maximum atomic E-state index is 13.1. The van der Waals surface area contributed by atoms with Gasteiger partial charge < -0.3 is 24.6 Å². The summed E-state index contributed by atoms with van der Waals surface area (Å²) >= 11 is 5.96. The number of Topliss-reactive ketones (excluding diaryl/α,β-unsaturated/α-hetero) is 1. The Morgan fingerprint density at radius 1 is 1.12 bits per heavy atom. The van der Waals surface area contributed by atoms with Gasteiger partial charge in [-0.05, 0) is 42.0 Å². The van der Waals surface area contributed by atoms with E-state index in [1.807, 2.05) is 0 Å². The number of hydrogen-bond acceptors (Lipinski definition) is 7. The summed E-state index contributed by atoms with van der Waals surface area (Å²) < 4.78 is 10.6. The normalized spacial score (nSPS) is 20.9. The molecular formula is C24H25ClN2O6. The number of likely N-dealkylation sites (tertiary alicyclic amines) is 1. The summed E-state index contributed by atoms with van der Waals surface area (Å²) in [7, 11) is 1.42. The molecule has 4 rings (SSSR count). The lowest BCUT2D eigenvalue weighted by Crippen LogP contribution is -2.42. The number of carbonyl (C=O) groups is 2. The average Bonchev–Trinajstić information content (AvgIpc) is 3.08. The number of ketones is 1. The van der Waals surface area contributed by atoms with Crippen molar-refractivity contribution in [2.45, 2.75) is 6.04 Å². The minimum atomic E-state index is -0.837. The topological polar surface area (TPSA) is 99.5 Å². The highest BCUT2D eigenvalue weighted by atomic mass is 35.5. The van der Waals surface area contributed by atoms with Gasteiger partial charge in [-0.1, -0.05) is 17.7 Å². The largest absolute Gasteiger partial charge is 0.507 e. The minimum absolute atomic E-state index is 0.0166. The van der Waals surface area contributed by atoms with Crippen molar-refractivity contribution in [2.24, 2.45) is 0 Å². The second-order valence-corrected chi connectivity index (χ2v) is 8.32. The van der Waals surface area contributed by atoms with Gasteiger partial charge in [-0.2, -0.15) is 0 Å². The SMILES string of the molecule is COc1cc(C2/C(=C(\O)c3ccc(Cl)cc3)C(=O)C(=O)N2CCN2CCOCC2)ccc1O. The molecule has 2 fully saturated rings. The maximum Gasteiger partial charge on any atom is 0.295 e. The molecule has 2 heterocycles. The summed E-state index contributed by atoms with van der Waals surface area (Å²) in [5, 5.41) is 21.6. The summed E-state index contributed by atoms with van der Waals surface area (Å²) in [6, 6.07) is 10.2. The molecule has 174 valence electrons. The van der Waals surface area contributed by atoms with Crippen LogP contribution in [0.1, 0.15) is 17.2 Å². The van der Waals surface area contributed by atoms with E-state index in [-0.39, 0.29) is 29.4 Å². The number of morpholine rings is 1. The third-order valence-electron chi connectivity index (χ3n) is 5.94. The van der Waals surface area contributed by atoms with Crippen molar-refractivity contribution < 1.29 is 29.3 Å². The zero-order chi connectivity index (χ0) is 23.5. The van der Waals surface area contributed by atoms with Gasteiger partial charge in [-0.3, -0.25) is 14.5 Å². The third kappa shape index (κ3) is 4.68. The van der Waals surface area contributed by atoms with Crippen molar-refractivity contribution in [1.82, 2.24) is 9.80 Å². The van der Waals surface area contributed by atoms with E-state index in [9.17, 15) is 19.8 Å². The van der Waals surface area contributed by atoms with Gasteiger partial charge in [0.2, 0.25) is 0 Å². The smallest absolute Gasteiger partial charge is 0.295 e.